The number of hydrazine groups is 1. The van der Waals surface area contributed by atoms with Crippen LogP contribution in [0, 0.1) is 0 Å². The van der Waals surface area contributed by atoms with Crippen LogP contribution in [0.1, 0.15) is 23.2 Å². The molecule has 19 heavy (non-hydrogen) atoms. The number of nitrogen functional groups attached to an aromatic ring is 1. The highest BCUT2D eigenvalue weighted by atomic mass is 16.5. The van der Waals surface area contributed by atoms with E-state index in [-0.39, 0.29) is 18.4 Å². The van der Waals surface area contributed by atoms with E-state index in [4.69, 9.17) is 10.6 Å². The molecule has 1 heterocycles. The molecule has 6 nitrogen and oxygen atoms in total. The zero-order chi connectivity index (χ0) is 13.7. The van der Waals surface area contributed by atoms with Crippen LogP contribution in [0.5, 0.6) is 5.75 Å². The summed E-state index contributed by atoms with van der Waals surface area (Å²) in [4.78, 5) is 24.8. The molecule has 2 rings (SSSR count). The molecule has 0 atom stereocenters. The number of carbonyl (C=O) groups is 2. The van der Waals surface area contributed by atoms with Gasteiger partial charge in [0, 0.05) is 18.7 Å². The lowest BCUT2D eigenvalue weighted by Gasteiger charge is -2.15. The van der Waals surface area contributed by atoms with Crippen molar-refractivity contribution in [2.45, 2.75) is 12.8 Å². The van der Waals surface area contributed by atoms with Crippen molar-refractivity contribution >= 4 is 11.8 Å². The first-order valence-corrected chi connectivity index (χ1v) is 6.22. The Bertz CT molecular complexity index is 453. The summed E-state index contributed by atoms with van der Waals surface area (Å²) < 4.78 is 5.39. The Labute approximate surface area is 111 Å². The molecule has 1 aromatic carbocycles. The van der Waals surface area contributed by atoms with E-state index in [1.807, 2.05) is 5.43 Å². The van der Waals surface area contributed by atoms with Gasteiger partial charge in [0.15, 0.2) is 6.61 Å². The molecule has 2 amide bonds. The van der Waals surface area contributed by atoms with E-state index in [1.165, 1.54) is 0 Å². The van der Waals surface area contributed by atoms with Gasteiger partial charge in [0.2, 0.25) is 0 Å². The van der Waals surface area contributed by atoms with Crippen molar-refractivity contribution in [2.75, 3.05) is 19.7 Å². The van der Waals surface area contributed by atoms with Crippen LogP contribution >= 0.6 is 0 Å². The highest BCUT2D eigenvalue weighted by Gasteiger charge is 2.18. The topological polar surface area (TPSA) is 84.7 Å². The molecule has 0 bridgehead atoms. The van der Waals surface area contributed by atoms with Gasteiger partial charge in [-0.25, -0.2) is 5.84 Å². The molecule has 0 saturated carbocycles. The lowest BCUT2D eigenvalue weighted by Crippen LogP contribution is -2.32. The summed E-state index contributed by atoms with van der Waals surface area (Å²) in [6, 6.07) is 6.47. The van der Waals surface area contributed by atoms with E-state index in [2.05, 4.69) is 0 Å². The van der Waals surface area contributed by atoms with Crippen LogP contribution in [-0.4, -0.2) is 36.4 Å². The standard InChI is InChI=1S/C13H17N3O3/c14-15-13(18)10-3-5-11(6-4-10)19-9-12(17)16-7-1-2-8-16/h3-6H,1-2,7-9,14H2,(H,15,18). The Hall–Kier alpha value is -2.08. The van der Waals surface area contributed by atoms with Gasteiger partial charge in [-0.05, 0) is 37.1 Å². The van der Waals surface area contributed by atoms with E-state index in [0.29, 0.717) is 11.3 Å². The minimum Gasteiger partial charge on any atom is -0.484 e. The van der Waals surface area contributed by atoms with Gasteiger partial charge in [0.25, 0.3) is 11.8 Å². The number of ether oxygens (including phenoxy) is 1. The van der Waals surface area contributed by atoms with Gasteiger partial charge in [-0.1, -0.05) is 0 Å². The van der Waals surface area contributed by atoms with Gasteiger partial charge in [-0.15, -0.1) is 0 Å². The fourth-order valence-electron chi connectivity index (χ4n) is 1.99. The zero-order valence-corrected chi connectivity index (χ0v) is 10.6. The fraction of sp³-hybridized carbons (Fsp3) is 0.385. The maximum atomic E-state index is 11.8. The third kappa shape index (κ3) is 3.45. The van der Waals surface area contributed by atoms with Crippen LogP contribution in [0.15, 0.2) is 24.3 Å². The molecule has 0 unspecified atom stereocenters. The molecule has 0 radical (unpaired) electrons. The second-order valence-electron chi connectivity index (χ2n) is 4.37. The largest absolute Gasteiger partial charge is 0.484 e. The molecular formula is C13H17N3O3. The average Bonchev–Trinajstić information content (AvgIpc) is 2.98. The Morgan fingerprint density at radius 2 is 1.84 bits per heavy atom. The molecule has 1 aliphatic rings. The van der Waals surface area contributed by atoms with Gasteiger partial charge < -0.3 is 9.64 Å². The minimum atomic E-state index is -0.361. The maximum Gasteiger partial charge on any atom is 0.265 e. The van der Waals surface area contributed by atoms with E-state index >= 15 is 0 Å². The van der Waals surface area contributed by atoms with Crippen molar-refractivity contribution in [3.63, 3.8) is 0 Å². The number of amides is 2. The van der Waals surface area contributed by atoms with Crippen molar-refractivity contribution in [2.24, 2.45) is 5.84 Å². The molecule has 1 fully saturated rings. The molecule has 1 aromatic rings. The summed E-state index contributed by atoms with van der Waals surface area (Å²) in [5, 5.41) is 0. The lowest BCUT2D eigenvalue weighted by atomic mass is 10.2. The summed E-state index contributed by atoms with van der Waals surface area (Å²) in [7, 11) is 0. The predicted molar refractivity (Wildman–Crippen MR) is 69.4 cm³/mol. The zero-order valence-electron chi connectivity index (χ0n) is 10.6. The Balaban J connectivity index is 1.85. The summed E-state index contributed by atoms with van der Waals surface area (Å²) in [5.41, 5.74) is 2.49. The molecule has 102 valence electrons. The monoisotopic (exact) mass is 263 g/mol. The molecule has 0 aromatic heterocycles. The Morgan fingerprint density at radius 1 is 1.21 bits per heavy atom. The highest BCUT2D eigenvalue weighted by molar-refractivity contribution is 5.93. The first kappa shape index (κ1) is 13.4. The maximum absolute atomic E-state index is 11.8. The number of carbonyl (C=O) groups excluding carboxylic acids is 2. The second-order valence-corrected chi connectivity index (χ2v) is 4.37. The number of hydrogen-bond donors (Lipinski definition) is 2. The fourth-order valence-corrected chi connectivity index (χ4v) is 1.99. The highest BCUT2D eigenvalue weighted by Crippen LogP contribution is 2.13. The second kappa shape index (κ2) is 6.19. The number of nitrogens with zero attached hydrogens (tertiary/aromatic N) is 1. The van der Waals surface area contributed by atoms with Crippen molar-refractivity contribution in [1.82, 2.24) is 10.3 Å². The molecule has 1 aliphatic heterocycles. The summed E-state index contributed by atoms with van der Waals surface area (Å²) in [5.74, 6) is 5.23. The van der Waals surface area contributed by atoms with Gasteiger partial charge in [-0.2, -0.15) is 0 Å². The van der Waals surface area contributed by atoms with Crippen LogP contribution < -0.4 is 16.0 Å². The van der Waals surface area contributed by atoms with Crippen molar-refractivity contribution in [3.8, 4) is 5.75 Å². The van der Waals surface area contributed by atoms with Crippen LogP contribution in [0.4, 0.5) is 0 Å². The van der Waals surface area contributed by atoms with Crippen molar-refractivity contribution in [3.05, 3.63) is 29.8 Å². The number of rotatable bonds is 4. The molecule has 0 spiro atoms. The van der Waals surface area contributed by atoms with Crippen LogP contribution in [0.25, 0.3) is 0 Å². The molecule has 0 aliphatic carbocycles. The van der Waals surface area contributed by atoms with E-state index in [9.17, 15) is 9.59 Å². The summed E-state index contributed by atoms with van der Waals surface area (Å²) in [6.45, 7) is 1.66. The quantitative estimate of drug-likeness (QED) is 0.464. The summed E-state index contributed by atoms with van der Waals surface area (Å²) >= 11 is 0. The molecule has 3 N–H and O–H groups in total. The average molecular weight is 263 g/mol. The first-order valence-electron chi connectivity index (χ1n) is 6.22. The number of nitrogens with one attached hydrogen (secondary N) is 1. The summed E-state index contributed by atoms with van der Waals surface area (Å²) in [6.07, 6.45) is 2.13. The van der Waals surface area contributed by atoms with Crippen molar-refractivity contribution in [1.29, 1.82) is 0 Å². The normalized spacial score (nSPS) is 14.3. The number of benzene rings is 1. The van der Waals surface area contributed by atoms with E-state index < -0.39 is 0 Å². The van der Waals surface area contributed by atoms with E-state index in [1.54, 1.807) is 29.2 Å². The third-order valence-corrected chi connectivity index (χ3v) is 3.07. The van der Waals surface area contributed by atoms with Gasteiger partial charge in [-0.3, -0.25) is 15.0 Å². The Kier molecular flexibility index (Phi) is 4.35. The lowest BCUT2D eigenvalue weighted by molar-refractivity contribution is -0.132. The molecule has 6 heteroatoms. The number of nitrogens with two attached hydrogens (primary N) is 1. The molecule has 1 saturated heterocycles. The number of likely N-dealkylation sites (tertiary alicyclic amines) is 1. The number of hydrogen-bond acceptors (Lipinski definition) is 4. The molecular weight excluding hydrogens is 246 g/mol. The van der Waals surface area contributed by atoms with E-state index in [0.717, 1.165) is 25.9 Å². The smallest absolute Gasteiger partial charge is 0.265 e. The third-order valence-electron chi connectivity index (χ3n) is 3.07. The van der Waals surface area contributed by atoms with Gasteiger partial charge >= 0.3 is 0 Å². The minimum absolute atomic E-state index is 0.00118. The first-order chi connectivity index (χ1) is 9.20. The van der Waals surface area contributed by atoms with Crippen LogP contribution in [0.2, 0.25) is 0 Å². The van der Waals surface area contributed by atoms with Gasteiger partial charge in [0.1, 0.15) is 5.75 Å². The van der Waals surface area contributed by atoms with Crippen LogP contribution in [0.3, 0.4) is 0 Å². The predicted octanol–water partition coefficient (Wildman–Crippen LogP) is 0.291. The SMILES string of the molecule is NNC(=O)c1ccc(OCC(=O)N2CCCC2)cc1. The van der Waals surface area contributed by atoms with Crippen molar-refractivity contribution < 1.29 is 14.3 Å². The Morgan fingerprint density at radius 3 is 2.42 bits per heavy atom. The van der Waals surface area contributed by atoms with Gasteiger partial charge in [0.05, 0.1) is 0 Å². The van der Waals surface area contributed by atoms with Crippen LogP contribution in [-0.2, 0) is 4.79 Å².